The van der Waals surface area contributed by atoms with Crippen molar-refractivity contribution in [3.63, 3.8) is 0 Å². The second kappa shape index (κ2) is 19.1. The van der Waals surface area contributed by atoms with Gasteiger partial charge in [0.1, 0.15) is 6.04 Å². The number of aromatic nitrogens is 5. The Labute approximate surface area is 358 Å². The van der Waals surface area contributed by atoms with Crippen LogP contribution in [-0.4, -0.2) is 88.1 Å². The summed E-state index contributed by atoms with van der Waals surface area (Å²) in [5.74, 6) is -3.05. The van der Waals surface area contributed by atoms with E-state index in [2.05, 4.69) is 51.5 Å². The van der Waals surface area contributed by atoms with Crippen LogP contribution in [0, 0.1) is 13.8 Å². The Balaban J connectivity index is 1.03. The number of carbonyl (C=O) groups excluding carboxylic acids is 4. The van der Waals surface area contributed by atoms with Gasteiger partial charge in [-0.2, -0.15) is 28.1 Å². The number of anilines is 6. The number of ether oxygens (including phenoxy) is 2. The van der Waals surface area contributed by atoms with Crippen molar-refractivity contribution in [3.8, 4) is 6.01 Å². The van der Waals surface area contributed by atoms with Crippen LogP contribution in [0.1, 0.15) is 46.6 Å². The van der Waals surface area contributed by atoms with Crippen molar-refractivity contribution in [2.75, 3.05) is 48.2 Å². The fraction of sp³-hybridized carbons (Fsp3) is 0.293. The van der Waals surface area contributed by atoms with Crippen molar-refractivity contribution in [2.45, 2.75) is 50.9 Å². The SMILES string of the molecule is COC(=O)[C@H](CCNC(=O)C(=O)Nc1ccc(N(C)c2nc(C)cc(C)n2)cc1)NC(=O)c1ccc(Nc2nc(NC3(c4ccc(Cl)cc4)CC3)nc(OCC(F)(F)F)n2)cc1. The fourth-order valence-electron chi connectivity index (χ4n) is 6.08. The first-order valence-corrected chi connectivity index (χ1v) is 19.4. The molecule has 1 atom stereocenters. The lowest BCUT2D eigenvalue weighted by Crippen LogP contribution is -2.44. The summed E-state index contributed by atoms with van der Waals surface area (Å²) in [6, 6.07) is 19.7. The van der Waals surface area contributed by atoms with E-state index in [-0.39, 0.29) is 30.4 Å². The van der Waals surface area contributed by atoms with Gasteiger partial charge in [0.05, 0.1) is 12.6 Å². The van der Waals surface area contributed by atoms with Gasteiger partial charge in [0, 0.05) is 52.6 Å². The van der Waals surface area contributed by atoms with E-state index < -0.39 is 54.1 Å². The van der Waals surface area contributed by atoms with Gasteiger partial charge in [-0.05, 0) is 105 Å². The number of rotatable bonds is 16. The first-order chi connectivity index (χ1) is 29.5. The Morgan fingerprint density at radius 2 is 1.47 bits per heavy atom. The van der Waals surface area contributed by atoms with E-state index in [4.69, 9.17) is 21.1 Å². The van der Waals surface area contributed by atoms with Crippen molar-refractivity contribution in [1.82, 2.24) is 35.6 Å². The predicted molar refractivity (Wildman–Crippen MR) is 223 cm³/mol. The number of nitrogens with one attached hydrogen (secondary N) is 5. The molecule has 21 heteroatoms. The molecule has 2 heterocycles. The molecule has 17 nitrogen and oxygen atoms in total. The third kappa shape index (κ3) is 12.0. The van der Waals surface area contributed by atoms with Gasteiger partial charge >= 0.3 is 30.0 Å². The summed E-state index contributed by atoms with van der Waals surface area (Å²) in [6.07, 6.45) is -3.36. The van der Waals surface area contributed by atoms with Crippen molar-refractivity contribution in [2.24, 2.45) is 0 Å². The van der Waals surface area contributed by atoms with Crippen LogP contribution >= 0.6 is 11.6 Å². The summed E-state index contributed by atoms with van der Waals surface area (Å²) in [6.45, 7) is 1.94. The topological polar surface area (TPSA) is 215 Å². The minimum absolute atomic E-state index is 0.0345. The molecule has 1 saturated carbocycles. The number of methoxy groups -OCH3 is 1. The van der Waals surface area contributed by atoms with Gasteiger partial charge in [0.25, 0.3) is 5.91 Å². The monoisotopic (exact) mass is 875 g/mol. The van der Waals surface area contributed by atoms with Crippen LogP contribution < -0.4 is 36.2 Å². The van der Waals surface area contributed by atoms with Gasteiger partial charge in [-0.25, -0.2) is 14.8 Å². The molecule has 1 aliphatic carbocycles. The number of halogens is 4. The van der Waals surface area contributed by atoms with E-state index >= 15 is 0 Å². The average Bonchev–Trinajstić information content (AvgIpc) is 4.02. The number of alkyl halides is 3. The lowest BCUT2D eigenvalue weighted by molar-refractivity contribution is -0.154. The molecule has 0 bridgehead atoms. The molecule has 0 radical (unpaired) electrons. The van der Waals surface area contributed by atoms with Crippen LogP contribution in [0.3, 0.4) is 0 Å². The molecule has 1 fully saturated rings. The summed E-state index contributed by atoms with van der Waals surface area (Å²) in [5, 5.41) is 14.1. The number of esters is 1. The third-order valence-electron chi connectivity index (χ3n) is 9.38. The van der Waals surface area contributed by atoms with Gasteiger partial charge in [-0.1, -0.05) is 23.7 Å². The van der Waals surface area contributed by atoms with E-state index in [1.54, 1.807) is 48.3 Å². The molecule has 3 aromatic carbocycles. The highest BCUT2D eigenvalue weighted by molar-refractivity contribution is 6.39. The number of hydrogen-bond acceptors (Lipinski definition) is 14. The number of aryl methyl sites for hydroxylation is 2. The summed E-state index contributed by atoms with van der Waals surface area (Å²) < 4.78 is 48.7. The van der Waals surface area contributed by atoms with Crippen molar-refractivity contribution >= 4 is 70.2 Å². The van der Waals surface area contributed by atoms with E-state index in [1.165, 1.54) is 24.3 Å². The van der Waals surface area contributed by atoms with Crippen LogP contribution in [-0.2, 0) is 24.7 Å². The normalized spacial score (nSPS) is 13.2. The maximum atomic E-state index is 13.2. The third-order valence-corrected chi connectivity index (χ3v) is 9.63. The van der Waals surface area contributed by atoms with Crippen LogP contribution in [0.4, 0.5) is 48.1 Å². The number of carbonyl (C=O) groups is 4. The first kappa shape index (κ1) is 44.5. The van der Waals surface area contributed by atoms with Crippen LogP contribution in [0.25, 0.3) is 0 Å². The highest BCUT2D eigenvalue weighted by atomic mass is 35.5. The fourth-order valence-corrected chi connectivity index (χ4v) is 6.21. The number of benzene rings is 3. The molecule has 62 heavy (non-hydrogen) atoms. The molecule has 1 aliphatic rings. The average molecular weight is 876 g/mol. The van der Waals surface area contributed by atoms with Gasteiger partial charge in [-0.15, -0.1) is 0 Å². The van der Waals surface area contributed by atoms with E-state index in [9.17, 15) is 32.3 Å². The molecule has 5 N–H and O–H groups in total. The summed E-state index contributed by atoms with van der Waals surface area (Å²) in [7, 11) is 2.94. The summed E-state index contributed by atoms with van der Waals surface area (Å²) in [4.78, 5) is 74.0. The van der Waals surface area contributed by atoms with E-state index in [0.29, 0.717) is 35.2 Å². The zero-order chi connectivity index (χ0) is 44.6. The number of amides is 3. The molecule has 0 unspecified atom stereocenters. The van der Waals surface area contributed by atoms with E-state index in [1.807, 2.05) is 32.0 Å². The van der Waals surface area contributed by atoms with Gasteiger partial charge in [-0.3, -0.25) is 14.4 Å². The summed E-state index contributed by atoms with van der Waals surface area (Å²) >= 11 is 6.04. The summed E-state index contributed by atoms with van der Waals surface area (Å²) in [5.41, 5.74) is 3.53. The maximum Gasteiger partial charge on any atom is 0.422 e. The molecule has 3 amide bonds. The highest BCUT2D eigenvalue weighted by Gasteiger charge is 2.45. The van der Waals surface area contributed by atoms with E-state index in [0.717, 1.165) is 29.7 Å². The van der Waals surface area contributed by atoms with Gasteiger partial charge in [0.2, 0.25) is 17.8 Å². The predicted octanol–water partition coefficient (Wildman–Crippen LogP) is 5.90. The smallest absolute Gasteiger partial charge is 0.422 e. The van der Waals surface area contributed by atoms with Crippen molar-refractivity contribution in [1.29, 1.82) is 0 Å². The van der Waals surface area contributed by atoms with Crippen LogP contribution in [0.5, 0.6) is 6.01 Å². The lowest BCUT2D eigenvalue weighted by atomic mass is 10.1. The zero-order valence-corrected chi connectivity index (χ0v) is 34.5. The maximum absolute atomic E-state index is 13.2. The minimum atomic E-state index is -4.64. The molecule has 324 valence electrons. The molecule has 5 aromatic rings. The second-order valence-corrected chi connectivity index (χ2v) is 14.6. The van der Waals surface area contributed by atoms with Crippen LogP contribution in [0.2, 0.25) is 5.02 Å². The molecule has 0 aliphatic heterocycles. The van der Waals surface area contributed by atoms with Gasteiger partial charge in [0.15, 0.2) is 6.61 Å². The Morgan fingerprint density at radius 3 is 2.08 bits per heavy atom. The Kier molecular flexibility index (Phi) is 13.7. The minimum Gasteiger partial charge on any atom is -0.467 e. The van der Waals surface area contributed by atoms with Crippen molar-refractivity contribution in [3.05, 3.63) is 106 Å². The Hall–Kier alpha value is -7.09. The molecule has 2 aromatic heterocycles. The Morgan fingerprint density at radius 1 is 0.839 bits per heavy atom. The number of hydrogen-bond donors (Lipinski definition) is 5. The quantitative estimate of drug-likeness (QED) is 0.0577. The number of nitrogens with zero attached hydrogens (tertiary/aromatic N) is 6. The zero-order valence-electron chi connectivity index (χ0n) is 33.8. The Bertz CT molecular complexity index is 2400. The second-order valence-electron chi connectivity index (χ2n) is 14.2. The first-order valence-electron chi connectivity index (χ1n) is 19.0. The molecular formula is C41H41ClF3N11O6. The van der Waals surface area contributed by atoms with Gasteiger partial charge < -0.3 is 41.0 Å². The molecule has 0 saturated heterocycles. The standard InChI is InChI=1S/C41H41ClF3N11O6/c1-23-21-24(2)48-38(47-23)56(3)30-15-13-28(14-16-30)49-34(59)33(58)46-20-17-31(35(60)61-4)51-32(57)25-5-11-29(12-6-25)50-36-52-37(54-39(53-36)62-22-41(43,44)45)55-40(18-19-40)26-7-9-27(42)10-8-26/h5-16,21,31H,17-20,22H2,1-4H3,(H,46,58)(H,49,59)(H,51,57)(H2,50,52,53,54,55)/t31-/m0/s1. The lowest BCUT2D eigenvalue weighted by Gasteiger charge is -2.19. The molecular weight excluding hydrogens is 835 g/mol. The molecule has 6 rings (SSSR count). The highest BCUT2D eigenvalue weighted by Crippen LogP contribution is 2.48. The van der Waals surface area contributed by atoms with Crippen LogP contribution in [0.15, 0.2) is 78.9 Å². The molecule has 0 spiro atoms. The van der Waals surface area contributed by atoms with Crippen molar-refractivity contribution < 1.29 is 41.8 Å². The largest absolute Gasteiger partial charge is 0.467 e.